The second-order valence-corrected chi connectivity index (χ2v) is 9.80. The molecule has 0 aliphatic carbocycles. The molecular weight excluding hydrogens is 476 g/mol. The number of nitrogens with zero attached hydrogens (tertiary/aromatic N) is 3. The Labute approximate surface area is 215 Å². The number of ether oxygens (including phenoxy) is 3. The fourth-order valence-electron chi connectivity index (χ4n) is 3.58. The first-order valence-corrected chi connectivity index (χ1v) is 12.7. The SMILES string of the molecule is CCOc1cc(/C=C2\C(=N)N3N=C(CC(C)C)SC3=NC2=O)ccc1OCCOc1ccc(C)cc1. The molecule has 0 aromatic heterocycles. The molecule has 1 amide bonds. The van der Waals surface area contributed by atoms with Gasteiger partial charge in [0.05, 0.1) is 12.2 Å². The molecule has 0 saturated carbocycles. The molecule has 188 valence electrons. The normalized spacial score (nSPS) is 16.2. The van der Waals surface area contributed by atoms with Gasteiger partial charge in [0.1, 0.15) is 24.0 Å². The van der Waals surface area contributed by atoms with Gasteiger partial charge in [0.15, 0.2) is 17.3 Å². The van der Waals surface area contributed by atoms with Gasteiger partial charge >= 0.3 is 0 Å². The van der Waals surface area contributed by atoms with E-state index in [2.05, 4.69) is 23.9 Å². The Morgan fingerprint density at radius 1 is 1.06 bits per heavy atom. The Hall–Kier alpha value is -3.59. The smallest absolute Gasteiger partial charge is 0.283 e. The first-order chi connectivity index (χ1) is 17.3. The molecule has 2 aromatic rings. The number of carbonyl (C=O) groups excluding carboxylic acids is 1. The van der Waals surface area contributed by atoms with E-state index in [1.165, 1.54) is 22.3 Å². The molecule has 0 spiro atoms. The van der Waals surface area contributed by atoms with Gasteiger partial charge < -0.3 is 14.2 Å². The lowest BCUT2D eigenvalue weighted by molar-refractivity contribution is -0.114. The van der Waals surface area contributed by atoms with Crippen LogP contribution in [0.15, 0.2) is 58.1 Å². The number of hydrazone groups is 1. The van der Waals surface area contributed by atoms with E-state index < -0.39 is 5.91 Å². The third-order valence-electron chi connectivity index (χ3n) is 5.29. The number of amides is 1. The fraction of sp³-hybridized carbons (Fsp3) is 0.333. The predicted octanol–water partition coefficient (Wildman–Crippen LogP) is 5.52. The number of rotatable bonds is 10. The van der Waals surface area contributed by atoms with Gasteiger partial charge in [0.25, 0.3) is 5.91 Å². The number of aliphatic imine (C=N–C) groups is 1. The van der Waals surface area contributed by atoms with Crippen LogP contribution in [-0.2, 0) is 4.79 Å². The van der Waals surface area contributed by atoms with Crippen molar-refractivity contribution >= 4 is 39.8 Å². The number of fused-ring (bicyclic) bond motifs is 1. The van der Waals surface area contributed by atoms with Crippen LogP contribution in [-0.4, -0.2) is 46.8 Å². The molecule has 4 rings (SSSR count). The molecule has 2 heterocycles. The second kappa shape index (κ2) is 11.4. The van der Waals surface area contributed by atoms with E-state index in [1.54, 1.807) is 18.2 Å². The van der Waals surface area contributed by atoms with E-state index in [1.807, 2.05) is 44.2 Å². The molecule has 36 heavy (non-hydrogen) atoms. The summed E-state index contributed by atoms with van der Waals surface area (Å²) >= 11 is 1.35. The average molecular weight is 507 g/mol. The quantitative estimate of drug-likeness (QED) is 0.337. The fourth-order valence-corrected chi connectivity index (χ4v) is 4.67. The van der Waals surface area contributed by atoms with E-state index >= 15 is 0 Å². The maximum Gasteiger partial charge on any atom is 0.283 e. The van der Waals surface area contributed by atoms with E-state index in [0.717, 1.165) is 17.2 Å². The Kier molecular flexibility index (Phi) is 8.10. The van der Waals surface area contributed by atoms with Crippen LogP contribution in [0.3, 0.4) is 0 Å². The Morgan fingerprint density at radius 2 is 1.81 bits per heavy atom. The van der Waals surface area contributed by atoms with Crippen molar-refractivity contribution in [3.8, 4) is 17.2 Å². The topological polar surface area (TPSA) is 96.6 Å². The molecule has 0 fully saturated rings. The summed E-state index contributed by atoms with van der Waals surface area (Å²) in [5, 5.41) is 15.8. The van der Waals surface area contributed by atoms with E-state index in [-0.39, 0.29) is 11.4 Å². The molecule has 9 heteroatoms. The largest absolute Gasteiger partial charge is 0.490 e. The number of nitrogens with one attached hydrogen (secondary N) is 1. The van der Waals surface area contributed by atoms with Crippen molar-refractivity contribution in [2.45, 2.75) is 34.1 Å². The summed E-state index contributed by atoms with van der Waals surface area (Å²) in [6.45, 7) is 9.32. The molecule has 8 nitrogen and oxygen atoms in total. The van der Waals surface area contributed by atoms with Gasteiger partial charge in [0, 0.05) is 6.42 Å². The van der Waals surface area contributed by atoms with Gasteiger partial charge in [-0.3, -0.25) is 10.2 Å². The van der Waals surface area contributed by atoms with Crippen LogP contribution < -0.4 is 14.2 Å². The summed E-state index contributed by atoms with van der Waals surface area (Å²) in [6, 6.07) is 13.3. The highest BCUT2D eigenvalue weighted by molar-refractivity contribution is 8.26. The number of aryl methyl sites for hydroxylation is 1. The van der Waals surface area contributed by atoms with E-state index in [4.69, 9.17) is 19.6 Å². The van der Waals surface area contributed by atoms with E-state index in [0.29, 0.717) is 48.0 Å². The van der Waals surface area contributed by atoms with Crippen LogP contribution in [0, 0.1) is 18.3 Å². The summed E-state index contributed by atoms with van der Waals surface area (Å²) in [5.74, 6) is 1.91. The molecule has 2 aliphatic heterocycles. The number of carbonyl (C=O) groups is 1. The van der Waals surface area contributed by atoms with Gasteiger partial charge in [-0.25, -0.2) is 0 Å². The third-order valence-corrected chi connectivity index (χ3v) is 6.22. The summed E-state index contributed by atoms with van der Waals surface area (Å²) < 4.78 is 17.4. The minimum absolute atomic E-state index is 0.0165. The summed E-state index contributed by atoms with van der Waals surface area (Å²) in [6.07, 6.45) is 2.41. The lowest BCUT2D eigenvalue weighted by atomic mass is 10.1. The summed E-state index contributed by atoms with van der Waals surface area (Å²) in [5.41, 5.74) is 2.05. The van der Waals surface area contributed by atoms with Crippen molar-refractivity contribution < 1.29 is 19.0 Å². The number of hydrogen-bond donors (Lipinski definition) is 1. The highest BCUT2D eigenvalue weighted by Crippen LogP contribution is 2.32. The van der Waals surface area contributed by atoms with Crippen molar-refractivity contribution in [3.05, 3.63) is 59.2 Å². The van der Waals surface area contributed by atoms with Crippen LogP contribution in [0.5, 0.6) is 17.2 Å². The van der Waals surface area contributed by atoms with Gasteiger partial charge in [-0.15, -0.1) is 0 Å². The van der Waals surface area contributed by atoms with Crippen LogP contribution in [0.2, 0.25) is 0 Å². The monoisotopic (exact) mass is 506 g/mol. The zero-order valence-corrected chi connectivity index (χ0v) is 21.7. The standard InChI is InChI=1S/C27H30N4O4S/c1-5-33-23-16-19(8-11-22(23)35-13-12-34-20-9-6-18(4)7-10-20)15-21-25(28)31-27(29-26(21)32)36-24(30-31)14-17(2)3/h6-11,15-17,28H,5,12-14H2,1-4H3/b21-15+,28-25?. The predicted molar refractivity (Wildman–Crippen MR) is 144 cm³/mol. The number of thioether (sulfide) groups is 1. The number of amidine groups is 2. The molecule has 2 aliphatic rings. The van der Waals surface area contributed by atoms with E-state index in [9.17, 15) is 4.79 Å². The lowest BCUT2D eigenvalue weighted by Crippen LogP contribution is -2.35. The van der Waals surface area contributed by atoms with Gasteiger partial charge in [-0.05, 0) is 67.4 Å². The molecule has 2 aromatic carbocycles. The van der Waals surface area contributed by atoms with Crippen molar-refractivity contribution in [2.24, 2.45) is 16.0 Å². The molecule has 1 N–H and O–H groups in total. The molecule has 0 saturated heterocycles. The van der Waals surface area contributed by atoms with Crippen LogP contribution in [0.25, 0.3) is 6.08 Å². The molecule has 0 bridgehead atoms. The third kappa shape index (κ3) is 6.15. The van der Waals surface area contributed by atoms with Crippen LogP contribution in [0.4, 0.5) is 0 Å². The average Bonchev–Trinajstić information content (AvgIpc) is 3.23. The van der Waals surface area contributed by atoms with Crippen molar-refractivity contribution in [3.63, 3.8) is 0 Å². The first kappa shape index (κ1) is 25.5. The molecule has 0 unspecified atom stereocenters. The summed E-state index contributed by atoms with van der Waals surface area (Å²) in [7, 11) is 0. The minimum Gasteiger partial charge on any atom is -0.490 e. The van der Waals surface area contributed by atoms with Crippen molar-refractivity contribution in [1.29, 1.82) is 5.41 Å². The van der Waals surface area contributed by atoms with Crippen molar-refractivity contribution in [2.75, 3.05) is 19.8 Å². The lowest BCUT2D eigenvalue weighted by Gasteiger charge is -2.20. The zero-order valence-electron chi connectivity index (χ0n) is 20.9. The Balaban J connectivity index is 1.45. The first-order valence-electron chi connectivity index (χ1n) is 11.9. The minimum atomic E-state index is -0.453. The number of hydrogen-bond acceptors (Lipinski definition) is 7. The van der Waals surface area contributed by atoms with Crippen LogP contribution in [0.1, 0.15) is 38.3 Å². The maximum atomic E-state index is 12.7. The second-order valence-electron chi connectivity index (χ2n) is 8.76. The Morgan fingerprint density at radius 3 is 2.53 bits per heavy atom. The summed E-state index contributed by atoms with van der Waals surface area (Å²) in [4.78, 5) is 16.9. The van der Waals surface area contributed by atoms with Gasteiger partial charge in [0.2, 0.25) is 5.17 Å². The zero-order chi connectivity index (χ0) is 25.7. The highest BCUT2D eigenvalue weighted by atomic mass is 32.2. The van der Waals surface area contributed by atoms with Gasteiger partial charge in [-0.2, -0.15) is 15.1 Å². The maximum absolute atomic E-state index is 12.7. The Bertz CT molecular complexity index is 1230. The molecule has 0 atom stereocenters. The van der Waals surface area contributed by atoms with Crippen molar-refractivity contribution in [1.82, 2.24) is 5.01 Å². The van der Waals surface area contributed by atoms with Crippen LogP contribution >= 0.6 is 11.8 Å². The molecular formula is C27H30N4O4S. The number of benzene rings is 2. The highest BCUT2D eigenvalue weighted by Gasteiger charge is 2.35. The molecule has 0 radical (unpaired) electrons. The van der Waals surface area contributed by atoms with Gasteiger partial charge in [-0.1, -0.05) is 37.6 Å².